The van der Waals surface area contributed by atoms with Crippen molar-refractivity contribution >= 4 is 22.6 Å². The van der Waals surface area contributed by atoms with Crippen molar-refractivity contribution in [1.29, 1.82) is 0 Å². The Morgan fingerprint density at radius 1 is 1.10 bits per heavy atom. The number of fused-ring (bicyclic) bond motifs is 1. The van der Waals surface area contributed by atoms with Gasteiger partial charge >= 0.3 is 11.7 Å². The predicted octanol–water partition coefficient (Wildman–Crippen LogP) is 3.30. The molecule has 0 fully saturated rings. The Bertz CT molecular complexity index is 805. The highest BCUT2D eigenvalue weighted by atomic mass is 16.6. The number of nitrogens with one attached hydrogen (secondary N) is 1. The van der Waals surface area contributed by atoms with Gasteiger partial charge in [-0.05, 0) is 18.2 Å². The number of nitro groups is 1. The van der Waals surface area contributed by atoms with Crippen LogP contribution in [0.2, 0.25) is 0 Å². The first-order chi connectivity index (χ1) is 10.1. The summed E-state index contributed by atoms with van der Waals surface area (Å²) in [6, 6.07) is 14.8. The van der Waals surface area contributed by atoms with Gasteiger partial charge in [-0.3, -0.25) is 10.1 Å². The maximum absolute atomic E-state index is 12.1. The van der Waals surface area contributed by atoms with E-state index in [1.165, 1.54) is 18.2 Å². The smallest absolute Gasteiger partial charge is 0.360 e. The van der Waals surface area contributed by atoms with E-state index in [1.807, 2.05) is 24.3 Å². The molecule has 3 aromatic rings. The molecule has 1 aromatic heterocycles. The van der Waals surface area contributed by atoms with Crippen LogP contribution in [-0.2, 0) is 0 Å². The second kappa shape index (κ2) is 5.09. The Morgan fingerprint density at radius 3 is 2.57 bits per heavy atom. The van der Waals surface area contributed by atoms with Crippen molar-refractivity contribution in [2.75, 3.05) is 0 Å². The van der Waals surface area contributed by atoms with E-state index in [2.05, 4.69) is 4.98 Å². The van der Waals surface area contributed by atoms with Crippen LogP contribution in [0.15, 0.2) is 54.6 Å². The number of nitro benzene ring substituents is 1. The summed E-state index contributed by atoms with van der Waals surface area (Å²) in [5, 5.41) is 11.8. The van der Waals surface area contributed by atoms with E-state index in [0.29, 0.717) is 0 Å². The van der Waals surface area contributed by atoms with E-state index < -0.39 is 10.9 Å². The van der Waals surface area contributed by atoms with Crippen LogP contribution in [0.25, 0.3) is 10.9 Å². The minimum atomic E-state index is -0.666. The van der Waals surface area contributed by atoms with Crippen LogP contribution in [-0.4, -0.2) is 15.9 Å². The molecule has 0 saturated carbocycles. The van der Waals surface area contributed by atoms with Crippen molar-refractivity contribution in [3.8, 4) is 5.75 Å². The topological polar surface area (TPSA) is 85.2 Å². The van der Waals surface area contributed by atoms with Gasteiger partial charge in [-0.25, -0.2) is 4.79 Å². The van der Waals surface area contributed by atoms with Crippen LogP contribution in [0.4, 0.5) is 5.69 Å². The molecule has 0 saturated heterocycles. The monoisotopic (exact) mass is 282 g/mol. The Labute approximate surface area is 119 Å². The number of ether oxygens (including phenoxy) is 1. The molecule has 2 aromatic carbocycles. The van der Waals surface area contributed by atoms with E-state index in [0.717, 1.165) is 10.9 Å². The number of H-pyrrole nitrogens is 1. The van der Waals surface area contributed by atoms with Gasteiger partial charge in [-0.2, -0.15) is 0 Å². The highest BCUT2D eigenvalue weighted by molar-refractivity contribution is 5.96. The van der Waals surface area contributed by atoms with E-state index in [1.54, 1.807) is 12.1 Å². The Kier molecular flexibility index (Phi) is 3.12. The van der Waals surface area contributed by atoms with Crippen molar-refractivity contribution in [1.82, 2.24) is 4.98 Å². The fourth-order valence-electron chi connectivity index (χ4n) is 2.03. The molecule has 0 spiro atoms. The zero-order valence-electron chi connectivity index (χ0n) is 10.8. The van der Waals surface area contributed by atoms with Gasteiger partial charge in [0.1, 0.15) is 5.69 Å². The summed E-state index contributed by atoms with van der Waals surface area (Å²) in [6.07, 6.45) is 0. The Hall–Kier alpha value is -3.15. The SMILES string of the molecule is O=C(Oc1ccccc1[N+](=O)[O-])c1cc2ccccc2[nH]1. The van der Waals surface area contributed by atoms with Crippen LogP contribution < -0.4 is 4.74 Å². The Morgan fingerprint density at radius 2 is 1.81 bits per heavy atom. The molecule has 1 N–H and O–H groups in total. The molecule has 6 heteroatoms. The summed E-state index contributed by atoms with van der Waals surface area (Å²) in [5.74, 6) is -0.744. The predicted molar refractivity (Wildman–Crippen MR) is 76.4 cm³/mol. The van der Waals surface area contributed by atoms with Crippen LogP contribution in [0.3, 0.4) is 0 Å². The van der Waals surface area contributed by atoms with Crippen molar-refractivity contribution in [3.05, 3.63) is 70.4 Å². The van der Waals surface area contributed by atoms with Gasteiger partial charge in [0.05, 0.1) is 4.92 Å². The number of carbonyl (C=O) groups is 1. The van der Waals surface area contributed by atoms with Gasteiger partial charge in [0.2, 0.25) is 5.75 Å². The number of hydrogen-bond acceptors (Lipinski definition) is 4. The zero-order valence-corrected chi connectivity index (χ0v) is 10.8. The largest absolute Gasteiger partial charge is 0.414 e. The van der Waals surface area contributed by atoms with Gasteiger partial charge in [-0.1, -0.05) is 30.3 Å². The lowest BCUT2D eigenvalue weighted by Crippen LogP contribution is -2.10. The minimum absolute atomic E-state index is 0.0776. The maximum Gasteiger partial charge on any atom is 0.360 e. The zero-order chi connectivity index (χ0) is 14.8. The lowest BCUT2D eigenvalue weighted by atomic mass is 10.2. The molecule has 0 bridgehead atoms. The van der Waals surface area contributed by atoms with E-state index >= 15 is 0 Å². The average Bonchev–Trinajstić information content (AvgIpc) is 2.91. The van der Waals surface area contributed by atoms with Crippen molar-refractivity contribution in [3.63, 3.8) is 0 Å². The number of hydrogen-bond donors (Lipinski definition) is 1. The van der Waals surface area contributed by atoms with E-state index in [-0.39, 0.29) is 17.1 Å². The molecule has 1 heterocycles. The molecule has 0 unspecified atom stereocenters. The molecule has 0 radical (unpaired) electrons. The molecule has 21 heavy (non-hydrogen) atoms. The van der Waals surface area contributed by atoms with Gasteiger partial charge in [-0.15, -0.1) is 0 Å². The van der Waals surface area contributed by atoms with Crippen molar-refractivity contribution < 1.29 is 14.5 Å². The van der Waals surface area contributed by atoms with Crippen molar-refractivity contribution in [2.24, 2.45) is 0 Å². The number of carbonyl (C=O) groups excluding carboxylic acids is 1. The number of nitrogens with zero attached hydrogens (tertiary/aromatic N) is 1. The highest BCUT2D eigenvalue weighted by Crippen LogP contribution is 2.27. The summed E-state index contributed by atoms with van der Waals surface area (Å²) >= 11 is 0. The third kappa shape index (κ3) is 2.46. The normalized spacial score (nSPS) is 10.5. The molecule has 0 atom stereocenters. The molecule has 0 aliphatic heterocycles. The fraction of sp³-hybridized carbons (Fsp3) is 0. The molecule has 104 valence electrons. The molecule has 3 rings (SSSR count). The second-order valence-electron chi connectivity index (χ2n) is 4.38. The maximum atomic E-state index is 12.1. The number of aromatic nitrogens is 1. The number of benzene rings is 2. The van der Waals surface area contributed by atoms with Gasteiger partial charge in [0, 0.05) is 17.0 Å². The summed E-state index contributed by atoms with van der Waals surface area (Å²) < 4.78 is 5.11. The summed E-state index contributed by atoms with van der Waals surface area (Å²) in [5.41, 5.74) is 0.795. The highest BCUT2D eigenvalue weighted by Gasteiger charge is 2.19. The van der Waals surface area contributed by atoms with Crippen LogP contribution in [0.5, 0.6) is 5.75 Å². The number of esters is 1. The van der Waals surface area contributed by atoms with Crippen LogP contribution in [0.1, 0.15) is 10.5 Å². The number of para-hydroxylation sites is 3. The molecule has 6 nitrogen and oxygen atoms in total. The van der Waals surface area contributed by atoms with Crippen LogP contribution >= 0.6 is 0 Å². The Balaban J connectivity index is 1.91. The number of aromatic amines is 1. The lowest BCUT2D eigenvalue weighted by molar-refractivity contribution is -0.385. The summed E-state index contributed by atoms with van der Waals surface area (Å²) in [4.78, 5) is 25.3. The summed E-state index contributed by atoms with van der Waals surface area (Å²) in [7, 11) is 0. The quantitative estimate of drug-likeness (QED) is 0.345. The molecular formula is C15H10N2O4. The first kappa shape index (κ1) is 12.9. The minimum Gasteiger partial charge on any atom is -0.414 e. The second-order valence-corrected chi connectivity index (χ2v) is 4.38. The van der Waals surface area contributed by atoms with Gasteiger partial charge in [0.25, 0.3) is 0 Å². The average molecular weight is 282 g/mol. The molecule has 0 aliphatic rings. The van der Waals surface area contributed by atoms with Crippen LogP contribution in [0, 0.1) is 10.1 Å². The lowest BCUT2D eigenvalue weighted by Gasteiger charge is -2.03. The first-order valence-electron chi connectivity index (χ1n) is 6.18. The van der Waals surface area contributed by atoms with Gasteiger partial charge < -0.3 is 9.72 Å². The van der Waals surface area contributed by atoms with E-state index in [4.69, 9.17) is 4.74 Å². The summed E-state index contributed by atoms with van der Waals surface area (Å²) in [6.45, 7) is 0. The van der Waals surface area contributed by atoms with Crippen molar-refractivity contribution in [2.45, 2.75) is 0 Å². The van der Waals surface area contributed by atoms with Gasteiger partial charge in [0.15, 0.2) is 0 Å². The molecule has 0 amide bonds. The molecular weight excluding hydrogens is 272 g/mol. The standard InChI is InChI=1S/C15H10N2O4/c18-15(12-9-10-5-1-2-6-11(10)16-12)21-14-8-4-3-7-13(14)17(19)20/h1-9,16H. The third-order valence-electron chi connectivity index (χ3n) is 3.01. The van der Waals surface area contributed by atoms with E-state index in [9.17, 15) is 14.9 Å². The third-order valence-corrected chi connectivity index (χ3v) is 3.01. The fourth-order valence-corrected chi connectivity index (χ4v) is 2.03. The molecule has 0 aliphatic carbocycles. The first-order valence-corrected chi connectivity index (χ1v) is 6.18. The number of rotatable bonds is 3.